The van der Waals surface area contributed by atoms with Crippen molar-refractivity contribution in [1.82, 2.24) is 5.32 Å². The molecule has 1 aromatic heterocycles. The van der Waals surface area contributed by atoms with Crippen molar-refractivity contribution >= 4 is 15.7 Å². The van der Waals surface area contributed by atoms with E-state index in [0.717, 1.165) is 25.0 Å². The van der Waals surface area contributed by atoms with Crippen LogP contribution in [0.3, 0.4) is 0 Å². The average Bonchev–Trinajstić information content (AvgIpc) is 3.11. The summed E-state index contributed by atoms with van der Waals surface area (Å²) in [5, 5.41) is 1.59. The topological polar surface area (TPSA) is 76.4 Å². The fourth-order valence-corrected chi connectivity index (χ4v) is 4.66. The van der Waals surface area contributed by atoms with Gasteiger partial charge in [0.2, 0.25) is 5.91 Å². The molecule has 1 atom stereocenters. The highest BCUT2D eigenvalue weighted by atomic mass is 32.2. The highest BCUT2D eigenvalue weighted by molar-refractivity contribution is 7.92. The minimum atomic E-state index is -3.81. The molecular weight excluding hydrogens is 362 g/mol. The molecule has 3 rings (SSSR count). The van der Waals surface area contributed by atoms with Gasteiger partial charge < -0.3 is 9.73 Å². The molecule has 27 heavy (non-hydrogen) atoms. The number of carbonyl (C=O) groups is 1. The van der Waals surface area contributed by atoms with Gasteiger partial charge in [-0.25, -0.2) is 8.42 Å². The number of sulfone groups is 1. The third-order valence-electron chi connectivity index (χ3n) is 4.52. The van der Waals surface area contributed by atoms with Crippen LogP contribution in [-0.2, 0) is 27.5 Å². The Hall–Kier alpha value is -2.52. The lowest BCUT2D eigenvalue weighted by Crippen LogP contribution is -2.41. The Morgan fingerprint density at radius 2 is 1.85 bits per heavy atom. The number of furan rings is 1. The third kappa shape index (κ3) is 5.01. The normalized spacial score (nSPS) is 19.1. The third-order valence-corrected chi connectivity index (χ3v) is 6.58. The van der Waals surface area contributed by atoms with Gasteiger partial charge >= 0.3 is 0 Å². The lowest BCUT2D eigenvalue weighted by atomic mass is 10.1. The largest absolute Gasteiger partial charge is 0.469 e. The molecule has 1 aliphatic heterocycles. The molecule has 0 saturated heterocycles. The van der Waals surface area contributed by atoms with E-state index in [1.165, 1.54) is 18.4 Å². The minimum absolute atomic E-state index is 0.0816. The van der Waals surface area contributed by atoms with E-state index in [9.17, 15) is 13.2 Å². The number of fused-ring (bicyclic) bond motifs is 2. The Morgan fingerprint density at radius 3 is 2.67 bits per heavy atom. The number of carbonyl (C=O) groups excluding carboxylic acids is 1. The van der Waals surface area contributed by atoms with Gasteiger partial charge in [-0.2, -0.15) is 0 Å². The molecule has 1 N–H and O–H groups in total. The number of hydrogen-bond acceptors (Lipinski definition) is 4. The Balaban J connectivity index is 1.90. The molecule has 0 radical (unpaired) electrons. The second-order valence-electron chi connectivity index (χ2n) is 6.57. The van der Waals surface area contributed by atoms with Crippen LogP contribution in [0.15, 0.2) is 52.0 Å². The van der Waals surface area contributed by atoms with Crippen molar-refractivity contribution in [1.29, 1.82) is 0 Å². The molecular formula is C21H23NO4S. The van der Waals surface area contributed by atoms with Crippen molar-refractivity contribution in [3.8, 4) is 11.8 Å². The zero-order chi connectivity index (χ0) is 19.1. The van der Waals surface area contributed by atoms with Crippen molar-refractivity contribution in [2.75, 3.05) is 6.54 Å². The van der Waals surface area contributed by atoms with Gasteiger partial charge in [-0.1, -0.05) is 18.2 Å². The van der Waals surface area contributed by atoms with E-state index in [4.69, 9.17) is 4.42 Å². The van der Waals surface area contributed by atoms with Crippen molar-refractivity contribution in [2.45, 2.75) is 48.7 Å². The fourth-order valence-electron chi connectivity index (χ4n) is 3.02. The van der Waals surface area contributed by atoms with Crippen LogP contribution in [-0.4, -0.2) is 26.1 Å². The Bertz CT molecular complexity index is 935. The van der Waals surface area contributed by atoms with Gasteiger partial charge in [0.1, 0.15) is 11.0 Å². The average molecular weight is 385 g/mol. The van der Waals surface area contributed by atoms with Gasteiger partial charge in [-0.05, 0) is 36.6 Å². The Labute approximate surface area is 160 Å². The van der Waals surface area contributed by atoms with Crippen LogP contribution in [0.2, 0.25) is 0 Å². The monoisotopic (exact) mass is 385 g/mol. The summed E-state index contributed by atoms with van der Waals surface area (Å²) >= 11 is 0. The fraction of sp³-hybridized carbons (Fsp3) is 0.381. The van der Waals surface area contributed by atoms with Crippen LogP contribution >= 0.6 is 0 Å². The first-order chi connectivity index (χ1) is 13.1. The maximum absolute atomic E-state index is 13.1. The molecule has 2 aromatic rings. The highest BCUT2D eigenvalue weighted by Crippen LogP contribution is 2.21. The molecule has 0 aliphatic carbocycles. The van der Waals surface area contributed by atoms with Gasteiger partial charge in [-0.15, -0.1) is 11.8 Å². The summed E-state index contributed by atoms with van der Waals surface area (Å²) in [7, 11) is -3.81. The van der Waals surface area contributed by atoms with Gasteiger partial charge in [-0.3, -0.25) is 4.79 Å². The number of amides is 1. The predicted molar refractivity (Wildman–Crippen MR) is 103 cm³/mol. The highest BCUT2D eigenvalue weighted by Gasteiger charge is 2.34. The molecule has 2 heterocycles. The predicted octanol–water partition coefficient (Wildman–Crippen LogP) is 2.90. The molecule has 1 unspecified atom stereocenters. The van der Waals surface area contributed by atoms with E-state index in [0.29, 0.717) is 24.9 Å². The minimum Gasteiger partial charge on any atom is -0.469 e. The van der Waals surface area contributed by atoms with Crippen LogP contribution in [0.25, 0.3) is 0 Å². The Morgan fingerprint density at radius 1 is 1.07 bits per heavy atom. The number of hydrogen-bond donors (Lipinski definition) is 1. The summed E-state index contributed by atoms with van der Waals surface area (Å²) in [5.41, 5.74) is 0.701. The van der Waals surface area contributed by atoms with Crippen molar-refractivity contribution in [3.05, 3.63) is 54.0 Å². The zero-order valence-corrected chi connectivity index (χ0v) is 15.9. The number of rotatable bonds is 2. The van der Waals surface area contributed by atoms with Crippen LogP contribution < -0.4 is 5.32 Å². The van der Waals surface area contributed by atoms with Crippen LogP contribution in [0.4, 0.5) is 0 Å². The lowest BCUT2D eigenvalue weighted by molar-refractivity contribution is -0.120. The maximum Gasteiger partial charge on any atom is 0.239 e. The summed E-state index contributed by atoms with van der Waals surface area (Å²) in [6, 6.07) is 9.94. The van der Waals surface area contributed by atoms with E-state index < -0.39 is 21.0 Å². The molecule has 142 valence electrons. The van der Waals surface area contributed by atoms with E-state index in [2.05, 4.69) is 17.2 Å². The molecule has 1 aromatic carbocycles. The molecule has 5 nitrogen and oxygen atoms in total. The SMILES string of the molecule is O=C1NCCCCC#CCCc2cc(co2)CC1S(=O)(=O)c1ccccc1. The second-order valence-corrected chi connectivity index (χ2v) is 8.70. The summed E-state index contributed by atoms with van der Waals surface area (Å²) in [6.07, 6.45) is 5.41. The molecule has 1 amide bonds. The quantitative estimate of drug-likeness (QED) is 0.807. The molecule has 2 bridgehead atoms. The van der Waals surface area contributed by atoms with Crippen LogP contribution in [0, 0.1) is 11.8 Å². The summed E-state index contributed by atoms with van der Waals surface area (Å²) in [4.78, 5) is 12.9. The second kappa shape index (κ2) is 8.92. The first kappa shape index (κ1) is 19.2. The van der Waals surface area contributed by atoms with E-state index in [-0.39, 0.29) is 11.3 Å². The van der Waals surface area contributed by atoms with E-state index >= 15 is 0 Å². The lowest BCUT2D eigenvalue weighted by Gasteiger charge is -2.17. The van der Waals surface area contributed by atoms with Crippen molar-refractivity contribution in [2.24, 2.45) is 0 Å². The van der Waals surface area contributed by atoms with E-state index in [1.54, 1.807) is 18.2 Å². The molecule has 0 spiro atoms. The summed E-state index contributed by atoms with van der Waals surface area (Å²) in [5.74, 6) is 6.53. The Kier molecular flexibility index (Phi) is 6.36. The van der Waals surface area contributed by atoms with Crippen LogP contribution in [0.5, 0.6) is 0 Å². The first-order valence-corrected chi connectivity index (χ1v) is 10.7. The number of nitrogens with one attached hydrogen (secondary N) is 1. The molecule has 0 fully saturated rings. The summed E-state index contributed by atoms with van der Waals surface area (Å²) in [6.45, 7) is 0.442. The zero-order valence-electron chi connectivity index (χ0n) is 15.1. The van der Waals surface area contributed by atoms with Gasteiger partial charge in [0, 0.05) is 32.2 Å². The number of benzene rings is 1. The van der Waals surface area contributed by atoms with E-state index in [1.807, 2.05) is 6.07 Å². The van der Waals surface area contributed by atoms with Gasteiger partial charge in [0.15, 0.2) is 9.84 Å². The van der Waals surface area contributed by atoms with Crippen molar-refractivity contribution < 1.29 is 17.6 Å². The summed E-state index contributed by atoms with van der Waals surface area (Å²) < 4.78 is 31.7. The standard InChI is InChI=1S/C21H23NO4S/c23-21-20(27(24,25)19-11-7-5-8-12-19)15-17-14-18(26-16-17)10-6-3-1-2-4-9-13-22-21/h5,7-8,11-12,14,16,20H,2,4,6,9-10,13,15H2,(H,22,23). The van der Waals surface area contributed by atoms with Crippen LogP contribution in [0.1, 0.15) is 37.0 Å². The molecule has 1 aliphatic rings. The van der Waals surface area contributed by atoms with Gasteiger partial charge in [0.25, 0.3) is 0 Å². The van der Waals surface area contributed by atoms with Gasteiger partial charge in [0.05, 0.1) is 11.2 Å². The van der Waals surface area contributed by atoms with Crippen molar-refractivity contribution in [3.63, 3.8) is 0 Å². The smallest absolute Gasteiger partial charge is 0.239 e. The first-order valence-electron chi connectivity index (χ1n) is 9.16. The molecule has 0 saturated carbocycles. The molecule has 6 heteroatoms. The number of aryl methyl sites for hydroxylation is 1. The maximum atomic E-state index is 13.1.